The molecule has 0 aromatic heterocycles. The van der Waals surface area contributed by atoms with Gasteiger partial charge in [-0.05, 0) is 33.6 Å². The van der Waals surface area contributed by atoms with Crippen molar-refractivity contribution < 1.29 is 9.59 Å². The van der Waals surface area contributed by atoms with Crippen LogP contribution in [-0.4, -0.2) is 49.0 Å². The average molecular weight is 336 g/mol. The van der Waals surface area contributed by atoms with Gasteiger partial charge in [0.15, 0.2) is 0 Å². The van der Waals surface area contributed by atoms with Crippen LogP contribution in [0.3, 0.4) is 0 Å². The molecule has 0 radical (unpaired) electrons. The lowest BCUT2D eigenvalue weighted by Gasteiger charge is -2.20. The van der Waals surface area contributed by atoms with E-state index in [1.165, 1.54) is 4.90 Å². The molecule has 0 spiro atoms. The zero-order chi connectivity index (χ0) is 19.1. The molecule has 0 aliphatic heterocycles. The van der Waals surface area contributed by atoms with Crippen molar-refractivity contribution in [3.05, 3.63) is 11.4 Å². The Morgan fingerprint density at radius 1 is 1.29 bits per heavy atom. The summed E-state index contributed by atoms with van der Waals surface area (Å²) in [5.74, 6) is 0.254. The van der Waals surface area contributed by atoms with E-state index in [2.05, 4.69) is 11.1 Å². The quantitative estimate of drug-likeness (QED) is 0.281. The number of nitrogens with zero attached hydrogens (tertiary/aromatic N) is 4. The summed E-state index contributed by atoms with van der Waals surface area (Å²) < 4.78 is 0. The van der Waals surface area contributed by atoms with Gasteiger partial charge in [0, 0.05) is 32.8 Å². The number of likely N-dealkylation sites (N-methyl/N-ethyl adjacent to an activating group) is 1. The van der Waals surface area contributed by atoms with Crippen LogP contribution in [0.2, 0.25) is 0 Å². The van der Waals surface area contributed by atoms with Crippen molar-refractivity contribution in [2.75, 3.05) is 20.6 Å². The minimum Gasteiger partial charge on any atom is -0.342 e. The molecule has 0 N–H and O–H groups in total. The summed E-state index contributed by atoms with van der Waals surface area (Å²) in [6.45, 7) is 9.91. The number of nitriles is 1. The normalized spacial score (nSPS) is 12.4. The number of carbonyl (C=O) groups excluding carboxylic acids is 2. The highest BCUT2D eigenvalue weighted by atomic mass is 16.2. The van der Waals surface area contributed by atoms with E-state index < -0.39 is 0 Å². The Kier molecular flexibility index (Phi) is 14.5. The fraction of sp³-hybridized carbons (Fsp3) is 0.667. The Morgan fingerprint density at radius 3 is 2.33 bits per heavy atom. The summed E-state index contributed by atoms with van der Waals surface area (Å²) >= 11 is 0. The van der Waals surface area contributed by atoms with Crippen molar-refractivity contribution in [1.82, 2.24) is 9.80 Å². The van der Waals surface area contributed by atoms with Crippen molar-refractivity contribution in [2.45, 2.75) is 53.9 Å². The standard InChI is InChI=1S/C16H26N4O2.C2H6/c1-6-18-15(20(5)12-21)14(3)16(22)19(4)10-8-7-9-13(2)11-17;1-2/h6,12-13H,7-10H2,1-5H3;1-2H3/b15-14-,18-6-;. The Balaban J connectivity index is 0. The highest BCUT2D eigenvalue weighted by molar-refractivity contribution is 5.93. The molecule has 136 valence electrons. The molecule has 0 aliphatic carbocycles. The minimum atomic E-state index is -0.150. The summed E-state index contributed by atoms with van der Waals surface area (Å²) in [6, 6.07) is 2.20. The molecule has 0 heterocycles. The summed E-state index contributed by atoms with van der Waals surface area (Å²) in [4.78, 5) is 30.3. The SMILES string of the molecule is C/C=N\C(=C(/C)C(=O)N(C)CCCCC(C)C#N)N(C)C=O.CC. The van der Waals surface area contributed by atoms with Crippen LogP contribution in [0.1, 0.15) is 53.9 Å². The molecular weight excluding hydrogens is 304 g/mol. The molecule has 6 heteroatoms. The lowest BCUT2D eigenvalue weighted by Crippen LogP contribution is -2.30. The number of amides is 2. The molecule has 0 saturated carbocycles. The lowest BCUT2D eigenvalue weighted by atomic mass is 10.1. The second kappa shape index (κ2) is 14.4. The highest BCUT2D eigenvalue weighted by Crippen LogP contribution is 2.12. The predicted octanol–water partition coefficient (Wildman–Crippen LogP) is 3.21. The van der Waals surface area contributed by atoms with Gasteiger partial charge in [-0.15, -0.1) is 0 Å². The van der Waals surface area contributed by atoms with Gasteiger partial charge in [0.2, 0.25) is 6.41 Å². The molecule has 0 fully saturated rings. The maximum absolute atomic E-state index is 12.4. The van der Waals surface area contributed by atoms with Gasteiger partial charge in [-0.2, -0.15) is 5.26 Å². The molecule has 1 unspecified atom stereocenters. The minimum absolute atomic E-state index is 0.0503. The van der Waals surface area contributed by atoms with Crippen molar-refractivity contribution in [3.8, 4) is 6.07 Å². The first-order chi connectivity index (χ1) is 11.4. The van der Waals surface area contributed by atoms with Gasteiger partial charge in [0.05, 0.1) is 11.6 Å². The van der Waals surface area contributed by atoms with E-state index in [9.17, 15) is 9.59 Å². The third-order valence-electron chi connectivity index (χ3n) is 3.35. The first-order valence-corrected chi connectivity index (χ1v) is 8.41. The van der Waals surface area contributed by atoms with E-state index in [1.807, 2.05) is 20.8 Å². The topological polar surface area (TPSA) is 76.8 Å². The fourth-order valence-electron chi connectivity index (χ4n) is 1.97. The molecule has 0 bridgehead atoms. The smallest absolute Gasteiger partial charge is 0.252 e. The molecule has 0 aliphatic rings. The average Bonchev–Trinajstić information content (AvgIpc) is 2.62. The molecule has 0 saturated heterocycles. The van der Waals surface area contributed by atoms with Crippen LogP contribution in [0.15, 0.2) is 16.4 Å². The lowest BCUT2D eigenvalue weighted by molar-refractivity contribution is -0.126. The first kappa shape index (κ1) is 24.1. The van der Waals surface area contributed by atoms with Crippen molar-refractivity contribution in [3.63, 3.8) is 0 Å². The van der Waals surface area contributed by atoms with E-state index >= 15 is 0 Å². The van der Waals surface area contributed by atoms with Crippen molar-refractivity contribution in [1.29, 1.82) is 5.26 Å². The number of carbonyl (C=O) groups is 2. The molecule has 0 aromatic carbocycles. The molecule has 0 rings (SSSR count). The van der Waals surface area contributed by atoms with Gasteiger partial charge in [-0.25, -0.2) is 4.99 Å². The van der Waals surface area contributed by atoms with Crippen LogP contribution in [0, 0.1) is 17.2 Å². The van der Waals surface area contributed by atoms with E-state index in [4.69, 9.17) is 5.26 Å². The molecular formula is C18H32N4O2. The van der Waals surface area contributed by atoms with Gasteiger partial charge >= 0.3 is 0 Å². The Hall–Kier alpha value is -2.16. The maximum Gasteiger partial charge on any atom is 0.252 e. The van der Waals surface area contributed by atoms with Crippen LogP contribution in [0.4, 0.5) is 0 Å². The summed E-state index contributed by atoms with van der Waals surface area (Å²) in [5, 5.41) is 8.72. The van der Waals surface area contributed by atoms with Gasteiger partial charge < -0.3 is 9.80 Å². The Bertz CT molecular complexity index is 478. The van der Waals surface area contributed by atoms with Crippen molar-refractivity contribution >= 4 is 18.5 Å². The second-order valence-corrected chi connectivity index (χ2v) is 5.30. The number of hydrogen-bond acceptors (Lipinski definition) is 4. The third kappa shape index (κ3) is 9.09. The molecule has 24 heavy (non-hydrogen) atoms. The van der Waals surface area contributed by atoms with E-state index in [-0.39, 0.29) is 11.8 Å². The van der Waals surface area contributed by atoms with Gasteiger partial charge in [-0.1, -0.05) is 20.3 Å². The van der Waals surface area contributed by atoms with Crippen molar-refractivity contribution in [2.24, 2.45) is 10.9 Å². The van der Waals surface area contributed by atoms with Crippen LogP contribution < -0.4 is 0 Å². The first-order valence-electron chi connectivity index (χ1n) is 8.41. The maximum atomic E-state index is 12.4. The summed E-state index contributed by atoms with van der Waals surface area (Å²) in [6.07, 6.45) is 4.77. The van der Waals surface area contributed by atoms with Crippen LogP contribution >= 0.6 is 0 Å². The molecule has 0 aromatic rings. The number of aliphatic imine (C=N–C) groups is 1. The van der Waals surface area contributed by atoms with Crippen LogP contribution in [0.5, 0.6) is 0 Å². The zero-order valence-electron chi connectivity index (χ0n) is 16.2. The molecule has 6 nitrogen and oxygen atoms in total. The third-order valence-corrected chi connectivity index (χ3v) is 3.35. The number of rotatable bonds is 9. The largest absolute Gasteiger partial charge is 0.342 e. The van der Waals surface area contributed by atoms with Gasteiger partial charge in [0.1, 0.15) is 5.82 Å². The monoisotopic (exact) mass is 336 g/mol. The Labute approximate surface area is 146 Å². The van der Waals surface area contributed by atoms with Gasteiger partial charge in [-0.3, -0.25) is 9.59 Å². The molecule has 1 atom stereocenters. The second-order valence-electron chi connectivity index (χ2n) is 5.30. The summed E-state index contributed by atoms with van der Waals surface area (Å²) in [7, 11) is 3.29. The highest BCUT2D eigenvalue weighted by Gasteiger charge is 2.17. The van der Waals surface area contributed by atoms with Gasteiger partial charge in [0.25, 0.3) is 5.91 Å². The number of hydrogen-bond donors (Lipinski definition) is 0. The van der Waals surface area contributed by atoms with E-state index in [1.54, 1.807) is 39.1 Å². The zero-order valence-corrected chi connectivity index (χ0v) is 16.2. The number of unbranched alkanes of at least 4 members (excludes halogenated alkanes) is 1. The van der Waals surface area contributed by atoms with E-state index in [0.29, 0.717) is 24.3 Å². The van der Waals surface area contributed by atoms with Crippen LogP contribution in [0.25, 0.3) is 0 Å². The Morgan fingerprint density at radius 2 is 1.88 bits per heavy atom. The molecule has 2 amide bonds. The van der Waals surface area contributed by atoms with Crippen LogP contribution in [-0.2, 0) is 9.59 Å². The predicted molar refractivity (Wildman–Crippen MR) is 98.3 cm³/mol. The van der Waals surface area contributed by atoms with E-state index in [0.717, 1.165) is 19.3 Å². The summed E-state index contributed by atoms with van der Waals surface area (Å²) in [5.41, 5.74) is 0.431. The fourth-order valence-corrected chi connectivity index (χ4v) is 1.97.